The smallest absolute Gasteiger partial charge is 0.329 e. The van der Waals surface area contributed by atoms with Crippen molar-refractivity contribution in [1.29, 1.82) is 0 Å². The Balaban J connectivity index is 1.87. The SMILES string of the molecule is CCN(C(=O)C(Cc1ccccc1)NC(=O)NS(=O)(=O)c1ccccc1C(C)=O)c1ccc(OC)cc1. The number of rotatable bonds is 10. The lowest BCUT2D eigenvalue weighted by Gasteiger charge is -2.27. The summed E-state index contributed by atoms with van der Waals surface area (Å²) in [5.41, 5.74) is 1.32. The van der Waals surface area contributed by atoms with Crippen molar-refractivity contribution in [2.45, 2.75) is 31.2 Å². The summed E-state index contributed by atoms with van der Waals surface area (Å²) >= 11 is 0. The van der Waals surface area contributed by atoms with Gasteiger partial charge in [0.05, 0.1) is 12.0 Å². The van der Waals surface area contributed by atoms with E-state index in [1.165, 1.54) is 36.1 Å². The van der Waals surface area contributed by atoms with Crippen LogP contribution in [0.4, 0.5) is 10.5 Å². The molecule has 0 saturated carbocycles. The molecule has 0 heterocycles. The maximum Gasteiger partial charge on any atom is 0.329 e. The molecule has 37 heavy (non-hydrogen) atoms. The number of sulfonamides is 1. The third-order valence-electron chi connectivity index (χ3n) is 5.64. The number of amides is 3. The van der Waals surface area contributed by atoms with Gasteiger partial charge in [-0.3, -0.25) is 9.59 Å². The van der Waals surface area contributed by atoms with Crippen LogP contribution in [0, 0.1) is 0 Å². The van der Waals surface area contributed by atoms with Crippen LogP contribution in [-0.2, 0) is 21.2 Å². The van der Waals surface area contributed by atoms with Crippen molar-refractivity contribution in [3.63, 3.8) is 0 Å². The molecule has 1 unspecified atom stereocenters. The number of nitrogens with one attached hydrogen (secondary N) is 2. The minimum Gasteiger partial charge on any atom is -0.497 e. The third-order valence-corrected chi connectivity index (χ3v) is 7.02. The largest absolute Gasteiger partial charge is 0.497 e. The summed E-state index contributed by atoms with van der Waals surface area (Å²) in [6.45, 7) is 3.34. The normalized spacial score (nSPS) is 11.8. The van der Waals surface area contributed by atoms with Crippen LogP contribution in [0.25, 0.3) is 0 Å². The van der Waals surface area contributed by atoms with Gasteiger partial charge in [0.1, 0.15) is 11.8 Å². The first-order valence-electron chi connectivity index (χ1n) is 11.6. The molecule has 1 atom stereocenters. The molecule has 0 bridgehead atoms. The Bertz CT molecular complexity index is 1360. The molecule has 3 aromatic carbocycles. The highest BCUT2D eigenvalue weighted by molar-refractivity contribution is 7.90. The van der Waals surface area contributed by atoms with Crippen molar-refractivity contribution in [2.75, 3.05) is 18.6 Å². The van der Waals surface area contributed by atoms with Crippen molar-refractivity contribution < 1.29 is 27.5 Å². The maximum absolute atomic E-state index is 13.6. The van der Waals surface area contributed by atoms with Crippen LogP contribution in [0.5, 0.6) is 5.75 Å². The quantitative estimate of drug-likeness (QED) is 0.392. The number of methoxy groups -OCH3 is 1. The Morgan fingerprint density at radius 2 is 1.54 bits per heavy atom. The number of urea groups is 1. The molecule has 2 N–H and O–H groups in total. The van der Waals surface area contributed by atoms with E-state index in [-0.39, 0.29) is 16.9 Å². The summed E-state index contributed by atoms with van der Waals surface area (Å²) in [5.74, 6) is -0.258. The fourth-order valence-electron chi connectivity index (χ4n) is 3.82. The number of ketones is 1. The number of likely N-dealkylation sites (N-methyl/N-ethyl adjacent to an activating group) is 1. The summed E-state index contributed by atoms with van der Waals surface area (Å²) < 4.78 is 33.0. The lowest BCUT2D eigenvalue weighted by atomic mass is 10.0. The molecule has 0 fully saturated rings. The highest BCUT2D eigenvalue weighted by Gasteiger charge is 2.29. The molecular formula is C27H29N3O6S. The lowest BCUT2D eigenvalue weighted by Crippen LogP contribution is -2.53. The predicted octanol–water partition coefficient (Wildman–Crippen LogP) is 3.55. The van der Waals surface area contributed by atoms with Gasteiger partial charge in [0, 0.05) is 24.2 Å². The van der Waals surface area contributed by atoms with E-state index in [4.69, 9.17) is 4.74 Å². The number of ether oxygens (including phenoxy) is 1. The van der Waals surface area contributed by atoms with Crippen LogP contribution in [0.3, 0.4) is 0 Å². The van der Waals surface area contributed by atoms with Gasteiger partial charge in [-0.15, -0.1) is 0 Å². The van der Waals surface area contributed by atoms with Gasteiger partial charge in [-0.1, -0.05) is 48.5 Å². The molecule has 0 aliphatic rings. The van der Waals surface area contributed by atoms with Gasteiger partial charge in [-0.05, 0) is 49.7 Å². The summed E-state index contributed by atoms with van der Waals surface area (Å²) in [5, 5.41) is 2.52. The van der Waals surface area contributed by atoms with E-state index in [9.17, 15) is 22.8 Å². The molecule has 0 radical (unpaired) electrons. The maximum atomic E-state index is 13.6. The number of benzene rings is 3. The molecule has 0 aromatic heterocycles. The van der Waals surface area contributed by atoms with Crippen molar-refractivity contribution in [3.05, 3.63) is 90.0 Å². The average molecular weight is 524 g/mol. The number of nitrogens with zero attached hydrogens (tertiary/aromatic N) is 1. The van der Waals surface area contributed by atoms with Crippen molar-refractivity contribution >= 4 is 33.4 Å². The molecule has 3 rings (SSSR count). The Labute approximate surface area is 216 Å². The Morgan fingerprint density at radius 3 is 2.14 bits per heavy atom. The number of Topliss-reactive ketones (excluding diaryl/α,β-unsaturated/α-hetero) is 1. The summed E-state index contributed by atoms with van der Waals surface area (Å²) in [4.78, 5) is 39.6. The molecule has 0 aliphatic carbocycles. The van der Waals surface area contributed by atoms with E-state index in [0.29, 0.717) is 18.0 Å². The van der Waals surface area contributed by atoms with E-state index in [1.807, 2.05) is 22.9 Å². The van der Waals surface area contributed by atoms with Gasteiger partial charge in [-0.25, -0.2) is 17.9 Å². The Hall–Kier alpha value is -4.18. The number of hydrogen-bond acceptors (Lipinski definition) is 6. The molecule has 3 amide bonds. The topological polar surface area (TPSA) is 122 Å². The highest BCUT2D eigenvalue weighted by atomic mass is 32.2. The van der Waals surface area contributed by atoms with E-state index in [2.05, 4.69) is 5.32 Å². The number of carbonyl (C=O) groups is 3. The van der Waals surface area contributed by atoms with Crippen LogP contribution in [0.15, 0.2) is 83.8 Å². The molecule has 10 heteroatoms. The van der Waals surface area contributed by atoms with Crippen molar-refractivity contribution in [3.8, 4) is 5.75 Å². The minimum absolute atomic E-state index is 0.0450. The monoisotopic (exact) mass is 523 g/mol. The number of hydrogen-bond donors (Lipinski definition) is 2. The first-order valence-corrected chi connectivity index (χ1v) is 13.1. The summed E-state index contributed by atoms with van der Waals surface area (Å²) in [6, 6.07) is 19.4. The average Bonchev–Trinajstić information content (AvgIpc) is 2.89. The van der Waals surface area contributed by atoms with E-state index >= 15 is 0 Å². The van der Waals surface area contributed by atoms with Crippen LogP contribution >= 0.6 is 0 Å². The van der Waals surface area contributed by atoms with Gasteiger partial charge >= 0.3 is 6.03 Å². The van der Waals surface area contributed by atoms with E-state index in [1.54, 1.807) is 50.4 Å². The van der Waals surface area contributed by atoms with Crippen LogP contribution in [0.2, 0.25) is 0 Å². The molecule has 0 spiro atoms. The molecule has 0 aliphatic heterocycles. The molecule has 9 nitrogen and oxygen atoms in total. The first-order chi connectivity index (χ1) is 17.7. The minimum atomic E-state index is -4.39. The zero-order chi connectivity index (χ0) is 27.0. The van der Waals surface area contributed by atoms with Crippen molar-refractivity contribution in [2.24, 2.45) is 0 Å². The lowest BCUT2D eigenvalue weighted by molar-refractivity contribution is -0.120. The van der Waals surface area contributed by atoms with Gasteiger partial charge in [0.25, 0.3) is 10.0 Å². The van der Waals surface area contributed by atoms with Crippen molar-refractivity contribution in [1.82, 2.24) is 10.0 Å². The van der Waals surface area contributed by atoms with Gasteiger partial charge in [-0.2, -0.15) is 0 Å². The predicted molar refractivity (Wildman–Crippen MR) is 140 cm³/mol. The highest BCUT2D eigenvalue weighted by Crippen LogP contribution is 2.21. The van der Waals surface area contributed by atoms with E-state index in [0.717, 1.165) is 5.56 Å². The van der Waals surface area contributed by atoms with E-state index < -0.39 is 33.8 Å². The molecule has 3 aromatic rings. The fraction of sp³-hybridized carbons (Fsp3) is 0.222. The number of anilines is 1. The molecular weight excluding hydrogens is 494 g/mol. The second kappa shape index (κ2) is 12.2. The Morgan fingerprint density at radius 1 is 0.919 bits per heavy atom. The molecule has 194 valence electrons. The second-order valence-electron chi connectivity index (χ2n) is 8.15. The van der Waals surface area contributed by atoms with Gasteiger partial charge in [0.15, 0.2) is 5.78 Å². The standard InChI is InChI=1S/C27H29N3O6S/c1-4-30(21-14-16-22(36-3)17-15-21)26(32)24(18-20-10-6-5-7-11-20)28-27(33)29-37(34,35)25-13-9-8-12-23(25)19(2)31/h5-17,24H,4,18H2,1-3H3,(H2,28,29,33). The van der Waals surface area contributed by atoms with Gasteiger partial charge in [0.2, 0.25) is 5.91 Å². The first kappa shape index (κ1) is 27.4. The summed E-state index contributed by atoms with van der Waals surface area (Å²) in [6.07, 6.45) is 0.129. The second-order valence-corrected chi connectivity index (χ2v) is 9.80. The van der Waals surface area contributed by atoms with Crippen LogP contribution < -0.4 is 19.7 Å². The van der Waals surface area contributed by atoms with Gasteiger partial charge < -0.3 is 15.0 Å². The third kappa shape index (κ3) is 6.95. The summed E-state index contributed by atoms with van der Waals surface area (Å²) in [7, 11) is -2.85. The van der Waals surface area contributed by atoms with Crippen LogP contribution in [-0.4, -0.2) is 45.8 Å². The van der Waals surface area contributed by atoms with Crippen LogP contribution in [0.1, 0.15) is 29.8 Å². The zero-order valence-corrected chi connectivity index (χ0v) is 21.6. The zero-order valence-electron chi connectivity index (χ0n) is 20.8. The number of carbonyl (C=O) groups excluding carboxylic acids is 3. The molecule has 0 saturated heterocycles. The fourth-order valence-corrected chi connectivity index (χ4v) is 4.99. The Kier molecular flexibility index (Phi) is 9.02.